The van der Waals surface area contributed by atoms with Crippen LogP contribution in [0.25, 0.3) is 0 Å². The van der Waals surface area contributed by atoms with Crippen LogP contribution in [0.1, 0.15) is 12.8 Å². The highest BCUT2D eigenvalue weighted by Gasteiger charge is 2.32. The molecule has 2 atom stereocenters. The number of nitrogens with two attached hydrogens (primary N) is 1. The second-order valence-electron chi connectivity index (χ2n) is 5.84. The molecule has 2 N–H and O–H groups in total. The Morgan fingerprint density at radius 1 is 1.29 bits per heavy atom. The summed E-state index contributed by atoms with van der Waals surface area (Å²) in [5.41, 5.74) is 6.53. The first-order valence-electron chi connectivity index (χ1n) is 7.89. The van der Waals surface area contributed by atoms with Gasteiger partial charge in [0.1, 0.15) is 6.10 Å². The van der Waals surface area contributed by atoms with Crippen molar-refractivity contribution in [2.24, 2.45) is 5.73 Å². The van der Waals surface area contributed by atoms with Gasteiger partial charge in [-0.25, -0.2) is 9.18 Å². The van der Waals surface area contributed by atoms with Gasteiger partial charge >= 0.3 is 6.09 Å². The Morgan fingerprint density at radius 2 is 2.00 bits per heavy atom. The van der Waals surface area contributed by atoms with E-state index < -0.39 is 18.3 Å². The molecule has 2 fully saturated rings. The smallest absolute Gasteiger partial charge is 0.414 e. The van der Waals surface area contributed by atoms with Gasteiger partial charge in [0, 0.05) is 24.3 Å². The zero-order valence-electron chi connectivity index (χ0n) is 13.2. The predicted molar refractivity (Wildman–Crippen MR) is 85.5 cm³/mol. The largest absolute Gasteiger partial charge is 0.444 e. The van der Waals surface area contributed by atoms with Gasteiger partial charge in [-0.1, -0.05) is 0 Å². The van der Waals surface area contributed by atoms with Crippen molar-refractivity contribution in [3.05, 3.63) is 24.3 Å². The van der Waals surface area contributed by atoms with Crippen LogP contribution in [0.15, 0.2) is 24.3 Å². The molecular formula is C16H20FN3O4. The maximum Gasteiger partial charge on any atom is 0.414 e. The van der Waals surface area contributed by atoms with Gasteiger partial charge < -0.3 is 20.1 Å². The van der Waals surface area contributed by atoms with E-state index in [1.807, 2.05) is 0 Å². The minimum absolute atomic E-state index is 0.0573. The van der Waals surface area contributed by atoms with Gasteiger partial charge in [-0.2, -0.15) is 0 Å². The van der Waals surface area contributed by atoms with Crippen LogP contribution >= 0.6 is 0 Å². The highest BCUT2D eigenvalue weighted by molar-refractivity contribution is 5.90. The molecule has 2 aliphatic rings. The molecule has 7 nitrogen and oxygen atoms in total. The molecule has 0 aliphatic carbocycles. The maximum atomic E-state index is 13.9. The van der Waals surface area contributed by atoms with E-state index in [0.29, 0.717) is 31.8 Å². The van der Waals surface area contributed by atoms with Crippen LogP contribution in [0.5, 0.6) is 0 Å². The SMILES string of the molecule is NC(=O)CC[C@H]1CN(c2ccc(N3CCOC[C@@H]3F)cc2)C(=O)O1. The number of halogens is 1. The number of rotatable bonds is 5. The Hall–Kier alpha value is -2.35. The van der Waals surface area contributed by atoms with E-state index in [9.17, 15) is 14.0 Å². The average molecular weight is 337 g/mol. The van der Waals surface area contributed by atoms with Crippen LogP contribution in [0, 0.1) is 0 Å². The first-order chi connectivity index (χ1) is 11.5. The summed E-state index contributed by atoms with van der Waals surface area (Å²) in [5, 5.41) is 0. The molecule has 1 aromatic carbocycles. The number of carbonyl (C=O) groups is 2. The Balaban J connectivity index is 1.65. The van der Waals surface area contributed by atoms with Crippen molar-refractivity contribution >= 4 is 23.4 Å². The van der Waals surface area contributed by atoms with E-state index in [1.165, 1.54) is 4.90 Å². The first-order valence-corrected chi connectivity index (χ1v) is 7.89. The van der Waals surface area contributed by atoms with Gasteiger partial charge in [-0.05, 0) is 30.7 Å². The van der Waals surface area contributed by atoms with E-state index in [0.717, 1.165) is 5.69 Å². The van der Waals surface area contributed by atoms with Crippen molar-refractivity contribution in [1.82, 2.24) is 0 Å². The lowest BCUT2D eigenvalue weighted by molar-refractivity contribution is -0.118. The fourth-order valence-corrected chi connectivity index (χ4v) is 2.87. The lowest BCUT2D eigenvalue weighted by Gasteiger charge is -2.32. The summed E-state index contributed by atoms with van der Waals surface area (Å²) in [5.74, 6) is -0.417. The first kappa shape index (κ1) is 16.5. The number of nitrogens with zero attached hydrogens (tertiary/aromatic N) is 2. The molecule has 2 saturated heterocycles. The number of benzene rings is 1. The van der Waals surface area contributed by atoms with Crippen LogP contribution in [0.2, 0.25) is 0 Å². The van der Waals surface area contributed by atoms with Crippen LogP contribution in [0.3, 0.4) is 0 Å². The van der Waals surface area contributed by atoms with Crippen LogP contribution in [0.4, 0.5) is 20.6 Å². The normalized spacial score (nSPS) is 24.1. The third-order valence-corrected chi connectivity index (χ3v) is 4.15. The number of carbonyl (C=O) groups excluding carboxylic acids is 2. The lowest BCUT2D eigenvalue weighted by Crippen LogP contribution is -2.42. The molecular weight excluding hydrogens is 317 g/mol. The molecule has 130 valence electrons. The van der Waals surface area contributed by atoms with Gasteiger partial charge in [0.05, 0.1) is 19.8 Å². The van der Waals surface area contributed by atoms with E-state index in [2.05, 4.69) is 0 Å². The number of hydrogen-bond acceptors (Lipinski definition) is 5. The Kier molecular flexibility index (Phi) is 4.84. The second kappa shape index (κ2) is 7.04. The van der Waals surface area contributed by atoms with E-state index in [-0.39, 0.29) is 19.1 Å². The van der Waals surface area contributed by atoms with Gasteiger partial charge in [0.2, 0.25) is 5.91 Å². The third-order valence-electron chi connectivity index (χ3n) is 4.15. The number of ether oxygens (including phenoxy) is 2. The minimum Gasteiger partial charge on any atom is -0.444 e. The Labute approximate surface area is 139 Å². The molecule has 0 radical (unpaired) electrons. The highest BCUT2D eigenvalue weighted by Crippen LogP contribution is 2.27. The minimum atomic E-state index is -1.17. The van der Waals surface area contributed by atoms with Gasteiger partial charge in [-0.3, -0.25) is 9.69 Å². The van der Waals surface area contributed by atoms with Crippen molar-refractivity contribution in [2.45, 2.75) is 25.2 Å². The summed E-state index contributed by atoms with van der Waals surface area (Å²) < 4.78 is 24.2. The predicted octanol–water partition coefficient (Wildman–Crippen LogP) is 1.41. The van der Waals surface area contributed by atoms with E-state index in [1.54, 1.807) is 29.2 Å². The summed E-state index contributed by atoms with van der Waals surface area (Å²) in [7, 11) is 0. The summed E-state index contributed by atoms with van der Waals surface area (Å²) in [4.78, 5) is 25.9. The number of morpholine rings is 1. The van der Waals surface area contributed by atoms with E-state index >= 15 is 0 Å². The van der Waals surface area contributed by atoms with Gasteiger partial charge in [0.25, 0.3) is 0 Å². The summed E-state index contributed by atoms with van der Waals surface area (Å²) in [6.07, 6.45) is -1.38. The topological polar surface area (TPSA) is 85.1 Å². The number of amides is 2. The van der Waals surface area contributed by atoms with Crippen LogP contribution in [-0.4, -0.2) is 50.7 Å². The Morgan fingerprint density at radius 3 is 2.67 bits per heavy atom. The lowest BCUT2D eigenvalue weighted by atomic mass is 10.2. The van der Waals surface area contributed by atoms with Crippen molar-refractivity contribution in [1.29, 1.82) is 0 Å². The molecule has 2 heterocycles. The van der Waals surface area contributed by atoms with Crippen LogP contribution < -0.4 is 15.5 Å². The number of anilines is 2. The zero-order chi connectivity index (χ0) is 17.1. The zero-order valence-corrected chi connectivity index (χ0v) is 13.2. The fourth-order valence-electron chi connectivity index (χ4n) is 2.87. The number of hydrogen-bond donors (Lipinski definition) is 1. The van der Waals surface area contributed by atoms with Gasteiger partial charge in [-0.15, -0.1) is 0 Å². The van der Waals surface area contributed by atoms with E-state index in [4.69, 9.17) is 15.2 Å². The number of alkyl halides is 1. The molecule has 24 heavy (non-hydrogen) atoms. The molecule has 2 aliphatic heterocycles. The Bertz CT molecular complexity index is 610. The molecule has 8 heteroatoms. The molecule has 0 bridgehead atoms. The molecule has 1 aromatic rings. The molecule has 0 aromatic heterocycles. The summed E-state index contributed by atoms with van der Waals surface area (Å²) in [6.45, 7) is 1.40. The number of primary amides is 1. The molecule has 0 spiro atoms. The van der Waals surface area contributed by atoms with Crippen molar-refractivity contribution in [3.63, 3.8) is 0 Å². The maximum absolute atomic E-state index is 13.9. The van der Waals surface area contributed by atoms with Crippen molar-refractivity contribution < 1.29 is 23.5 Å². The second-order valence-corrected chi connectivity index (χ2v) is 5.84. The molecule has 2 amide bonds. The standard InChI is InChI=1S/C16H20FN3O4/c17-14-10-23-8-7-19(14)11-1-3-12(4-2-11)20-9-13(24-16(20)22)5-6-15(18)21/h1-4,13-14H,5-10H2,(H2,18,21)/t13-,14+/m0/s1. The molecule has 0 unspecified atom stereocenters. The summed E-state index contributed by atoms with van der Waals surface area (Å²) in [6, 6.07) is 7.07. The van der Waals surface area contributed by atoms with Crippen molar-refractivity contribution in [3.8, 4) is 0 Å². The van der Waals surface area contributed by atoms with Crippen molar-refractivity contribution in [2.75, 3.05) is 36.1 Å². The fraction of sp³-hybridized carbons (Fsp3) is 0.500. The molecule has 0 saturated carbocycles. The monoisotopic (exact) mass is 337 g/mol. The van der Waals surface area contributed by atoms with Gasteiger partial charge in [0.15, 0.2) is 6.30 Å². The highest BCUT2D eigenvalue weighted by atomic mass is 19.1. The third kappa shape index (κ3) is 3.59. The quantitative estimate of drug-likeness (QED) is 0.821. The average Bonchev–Trinajstić information content (AvgIpc) is 2.94. The molecule has 3 rings (SSSR count). The number of cyclic esters (lactones) is 1. The van der Waals surface area contributed by atoms with Crippen LogP contribution in [-0.2, 0) is 14.3 Å². The summed E-state index contributed by atoms with van der Waals surface area (Å²) >= 11 is 0.